The van der Waals surface area contributed by atoms with Crippen molar-refractivity contribution in [3.63, 3.8) is 0 Å². The molecule has 1 aromatic carbocycles. The highest BCUT2D eigenvalue weighted by Crippen LogP contribution is 2.13. The second-order valence-electron chi connectivity index (χ2n) is 3.18. The van der Waals surface area contributed by atoms with E-state index in [0.717, 1.165) is 0 Å². The molecule has 86 valence electrons. The SMILES string of the molecule is CCC(=O)Nc1ccc(NC(=O)NC)cc1. The molecular formula is C11H15N3O2. The smallest absolute Gasteiger partial charge is 0.318 e. The minimum absolute atomic E-state index is 0.0352. The van der Waals surface area contributed by atoms with Gasteiger partial charge in [-0.3, -0.25) is 4.79 Å². The maximum absolute atomic E-state index is 11.1. The van der Waals surface area contributed by atoms with Crippen molar-refractivity contribution in [2.75, 3.05) is 17.7 Å². The molecule has 0 saturated heterocycles. The molecule has 0 unspecified atom stereocenters. The Bertz CT molecular complexity index is 336. The molecule has 0 aromatic heterocycles. The highest BCUT2D eigenvalue weighted by atomic mass is 16.2. The van der Waals surface area contributed by atoms with E-state index < -0.39 is 0 Å². The number of benzene rings is 1. The lowest BCUT2D eigenvalue weighted by Crippen LogP contribution is -2.24. The summed E-state index contributed by atoms with van der Waals surface area (Å²) in [6.07, 6.45) is 0.443. The third-order valence-electron chi connectivity index (χ3n) is 1.97. The Hall–Kier alpha value is -2.04. The number of carbonyl (C=O) groups excluding carboxylic acids is 2. The Morgan fingerprint density at radius 3 is 2.00 bits per heavy atom. The summed E-state index contributed by atoms with van der Waals surface area (Å²) < 4.78 is 0. The minimum Gasteiger partial charge on any atom is -0.341 e. The number of hydrogen-bond acceptors (Lipinski definition) is 2. The maximum Gasteiger partial charge on any atom is 0.318 e. The van der Waals surface area contributed by atoms with Crippen LogP contribution in [0.5, 0.6) is 0 Å². The first kappa shape index (κ1) is 12.0. The number of nitrogens with one attached hydrogen (secondary N) is 3. The van der Waals surface area contributed by atoms with Gasteiger partial charge >= 0.3 is 6.03 Å². The van der Waals surface area contributed by atoms with Gasteiger partial charge < -0.3 is 16.0 Å². The van der Waals surface area contributed by atoms with Gasteiger partial charge in [0.2, 0.25) is 5.91 Å². The molecular weight excluding hydrogens is 206 g/mol. The molecule has 1 aromatic rings. The maximum atomic E-state index is 11.1. The second-order valence-corrected chi connectivity index (χ2v) is 3.18. The van der Waals surface area contributed by atoms with Gasteiger partial charge in [0, 0.05) is 24.8 Å². The van der Waals surface area contributed by atoms with E-state index in [4.69, 9.17) is 0 Å². The van der Waals surface area contributed by atoms with Gasteiger partial charge in [-0.25, -0.2) is 4.79 Å². The van der Waals surface area contributed by atoms with Crippen molar-refractivity contribution in [3.05, 3.63) is 24.3 Å². The average Bonchev–Trinajstić information content (AvgIpc) is 2.31. The summed E-state index contributed by atoms with van der Waals surface area (Å²) in [5.74, 6) is -0.0352. The molecule has 0 bridgehead atoms. The lowest BCUT2D eigenvalue weighted by atomic mass is 10.2. The lowest BCUT2D eigenvalue weighted by molar-refractivity contribution is -0.115. The Morgan fingerprint density at radius 1 is 1.06 bits per heavy atom. The average molecular weight is 221 g/mol. The molecule has 0 aliphatic heterocycles. The molecule has 3 amide bonds. The number of rotatable bonds is 3. The van der Waals surface area contributed by atoms with Gasteiger partial charge in [-0.05, 0) is 24.3 Å². The first-order chi connectivity index (χ1) is 7.65. The lowest BCUT2D eigenvalue weighted by Gasteiger charge is -2.06. The van der Waals surface area contributed by atoms with Crippen LogP contribution in [0.4, 0.5) is 16.2 Å². The van der Waals surface area contributed by atoms with Crippen LogP contribution in [0.25, 0.3) is 0 Å². The molecule has 0 aliphatic rings. The predicted molar refractivity (Wildman–Crippen MR) is 63.4 cm³/mol. The molecule has 0 spiro atoms. The van der Waals surface area contributed by atoms with Gasteiger partial charge in [0.1, 0.15) is 0 Å². The third kappa shape index (κ3) is 3.61. The molecule has 0 radical (unpaired) electrons. The molecule has 0 heterocycles. The Balaban J connectivity index is 2.60. The van der Waals surface area contributed by atoms with Gasteiger partial charge in [0.05, 0.1) is 0 Å². The van der Waals surface area contributed by atoms with Crippen molar-refractivity contribution < 1.29 is 9.59 Å². The quantitative estimate of drug-likeness (QED) is 0.728. The number of anilines is 2. The fourth-order valence-corrected chi connectivity index (χ4v) is 1.08. The Labute approximate surface area is 94.2 Å². The van der Waals surface area contributed by atoms with E-state index in [1.165, 1.54) is 0 Å². The summed E-state index contributed by atoms with van der Waals surface area (Å²) in [5.41, 5.74) is 1.39. The van der Waals surface area contributed by atoms with E-state index in [2.05, 4.69) is 16.0 Å². The summed E-state index contributed by atoms with van der Waals surface area (Å²) in [6, 6.07) is 6.64. The summed E-state index contributed by atoms with van der Waals surface area (Å²) in [6.45, 7) is 1.79. The standard InChI is InChI=1S/C11H15N3O2/c1-3-10(15)13-8-4-6-9(7-5-8)14-11(16)12-2/h4-7H,3H2,1-2H3,(H,13,15)(H2,12,14,16). The van der Waals surface area contributed by atoms with Crippen LogP contribution in [-0.2, 0) is 4.79 Å². The summed E-state index contributed by atoms with van der Waals surface area (Å²) in [4.78, 5) is 22.1. The fourth-order valence-electron chi connectivity index (χ4n) is 1.08. The van der Waals surface area contributed by atoms with Crippen molar-refractivity contribution in [3.8, 4) is 0 Å². The predicted octanol–water partition coefficient (Wildman–Crippen LogP) is 1.79. The second kappa shape index (κ2) is 5.75. The van der Waals surface area contributed by atoms with Crippen LogP contribution in [0.3, 0.4) is 0 Å². The number of carbonyl (C=O) groups is 2. The molecule has 3 N–H and O–H groups in total. The van der Waals surface area contributed by atoms with Crippen molar-refractivity contribution >= 4 is 23.3 Å². The molecule has 0 fully saturated rings. The summed E-state index contributed by atoms with van der Waals surface area (Å²) >= 11 is 0. The first-order valence-electron chi connectivity index (χ1n) is 5.04. The minimum atomic E-state index is -0.273. The molecule has 0 saturated carbocycles. The van der Waals surface area contributed by atoms with Gasteiger partial charge in [-0.1, -0.05) is 6.92 Å². The fraction of sp³-hybridized carbons (Fsp3) is 0.273. The Kier molecular flexibility index (Phi) is 4.32. The van der Waals surface area contributed by atoms with Gasteiger partial charge in [0.25, 0.3) is 0 Å². The van der Waals surface area contributed by atoms with Crippen molar-refractivity contribution in [1.82, 2.24) is 5.32 Å². The zero-order chi connectivity index (χ0) is 12.0. The third-order valence-corrected chi connectivity index (χ3v) is 1.97. The van der Waals surface area contributed by atoms with Crippen molar-refractivity contribution in [2.45, 2.75) is 13.3 Å². The normalized spacial score (nSPS) is 9.38. The largest absolute Gasteiger partial charge is 0.341 e. The van der Waals surface area contributed by atoms with Crippen molar-refractivity contribution in [1.29, 1.82) is 0 Å². The summed E-state index contributed by atoms with van der Waals surface area (Å²) in [5, 5.41) is 7.79. The Morgan fingerprint density at radius 2 is 1.56 bits per heavy atom. The van der Waals surface area contributed by atoms with Gasteiger partial charge in [-0.15, -0.1) is 0 Å². The van der Waals surface area contributed by atoms with E-state index in [0.29, 0.717) is 17.8 Å². The molecule has 1 rings (SSSR count). The van der Waals surface area contributed by atoms with Crippen LogP contribution in [0.1, 0.15) is 13.3 Å². The highest BCUT2D eigenvalue weighted by molar-refractivity contribution is 5.92. The molecule has 0 atom stereocenters. The van der Waals surface area contributed by atoms with Crippen LogP contribution < -0.4 is 16.0 Å². The van der Waals surface area contributed by atoms with E-state index in [1.54, 1.807) is 38.2 Å². The van der Waals surface area contributed by atoms with Crippen LogP contribution in [0.15, 0.2) is 24.3 Å². The zero-order valence-corrected chi connectivity index (χ0v) is 9.33. The molecule has 5 nitrogen and oxygen atoms in total. The molecule has 16 heavy (non-hydrogen) atoms. The topological polar surface area (TPSA) is 70.2 Å². The van der Waals surface area contributed by atoms with Crippen molar-refractivity contribution in [2.24, 2.45) is 0 Å². The van der Waals surface area contributed by atoms with Gasteiger partial charge in [0.15, 0.2) is 0 Å². The number of hydrogen-bond donors (Lipinski definition) is 3. The molecule has 0 aliphatic carbocycles. The van der Waals surface area contributed by atoms with Gasteiger partial charge in [-0.2, -0.15) is 0 Å². The van der Waals surface area contributed by atoms with Crippen LogP contribution in [-0.4, -0.2) is 19.0 Å². The van der Waals surface area contributed by atoms with E-state index in [-0.39, 0.29) is 11.9 Å². The zero-order valence-electron chi connectivity index (χ0n) is 9.33. The highest BCUT2D eigenvalue weighted by Gasteiger charge is 2.00. The van der Waals surface area contributed by atoms with E-state index >= 15 is 0 Å². The van der Waals surface area contributed by atoms with Crippen LogP contribution in [0.2, 0.25) is 0 Å². The monoisotopic (exact) mass is 221 g/mol. The molecule has 5 heteroatoms. The first-order valence-corrected chi connectivity index (χ1v) is 5.04. The summed E-state index contributed by atoms with van der Waals surface area (Å²) in [7, 11) is 1.55. The van der Waals surface area contributed by atoms with Crippen LogP contribution >= 0.6 is 0 Å². The van der Waals surface area contributed by atoms with Crippen LogP contribution in [0, 0.1) is 0 Å². The van der Waals surface area contributed by atoms with E-state index in [9.17, 15) is 9.59 Å². The number of urea groups is 1. The van der Waals surface area contributed by atoms with E-state index in [1.807, 2.05) is 0 Å². The number of amides is 3.